The van der Waals surface area contributed by atoms with Crippen LogP contribution in [-0.2, 0) is 11.3 Å². The molecule has 6 rings (SSSR count). The fourth-order valence-corrected chi connectivity index (χ4v) is 5.91. The molecule has 4 nitrogen and oxygen atoms in total. The lowest BCUT2D eigenvalue weighted by molar-refractivity contribution is 0.00589. The lowest BCUT2D eigenvalue weighted by Crippen LogP contribution is -2.51. The molecule has 2 fully saturated rings. The van der Waals surface area contributed by atoms with Crippen LogP contribution in [0.2, 0.25) is 0 Å². The molecule has 2 saturated heterocycles. The van der Waals surface area contributed by atoms with E-state index in [2.05, 4.69) is 64.1 Å². The summed E-state index contributed by atoms with van der Waals surface area (Å²) in [6.07, 6.45) is 3.51. The number of likely N-dealkylation sites (tertiary alicyclic amines) is 1. The zero-order valence-electron chi connectivity index (χ0n) is 17.3. The second-order valence-electron chi connectivity index (χ2n) is 9.25. The molecular weight excluding hydrogens is 372 g/mol. The Bertz CT molecular complexity index is 1150. The van der Waals surface area contributed by atoms with Gasteiger partial charge in [0.15, 0.2) is 0 Å². The third-order valence-electron chi connectivity index (χ3n) is 7.40. The van der Waals surface area contributed by atoms with Crippen molar-refractivity contribution in [2.45, 2.75) is 37.8 Å². The van der Waals surface area contributed by atoms with Gasteiger partial charge in [-0.1, -0.05) is 36.4 Å². The molecule has 4 heterocycles. The van der Waals surface area contributed by atoms with Crippen molar-refractivity contribution >= 4 is 10.8 Å². The molecule has 0 spiro atoms. The van der Waals surface area contributed by atoms with Crippen LogP contribution in [0.25, 0.3) is 21.9 Å². The van der Waals surface area contributed by atoms with Crippen molar-refractivity contribution in [3.05, 3.63) is 70.6 Å². The number of benzene rings is 2. The summed E-state index contributed by atoms with van der Waals surface area (Å²) in [5, 5.41) is 2.39. The molecule has 3 aromatic rings. The van der Waals surface area contributed by atoms with Crippen molar-refractivity contribution in [2.24, 2.45) is 5.92 Å². The Balaban J connectivity index is 1.34. The van der Waals surface area contributed by atoms with E-state index in [9.17, 15) is 4.79 Å². The van der Waals surface area contributed by atoms with E-state index < -0.39 is 0 Å². The molecule has 1 aromatic heterocycles. The topological polar surface area (TPSA) is 34.5 Å². The van der Waals surface area contributed by atoms with Gasteiger partial charge in [-0.25, -0.2) is 0 Å². The average molecular weight is 401 g/mol. The zero-order valence-corrected chi connectivity index (χ0v) is 17.3. The van der Waals surface area contributed by atoms with E-state index in [0.29, 0.717) is 17.9 Å². The first kappa shape index (κ1) is 18.3. The molecule has 0 unspecified atom stereocenters. The Morgan fingerprint density at radius 1 is 0.867 bits per heavy atom. The van der Waals surface area contributed by atoms with Gasteiger partial charge in [0.2, 0.25) is 0 Å². The molecule has 0 saturated carbocycles. The van der Waals surface area contributed by atoms with Gasteiger partial charge in [0.25, 0.3) is 5.56 Å². The van der Waals surface area contributed by atoms with Crippen molar-refractivity contribution in [3.8, 4) is 11.1 Å². The minimum absolute atomic E-state index is 0.178. The van der Waals surface area contributed by atoms with E-state index in [1.807, 2.05) is 0 Å². The third kappa shape index (κ3) is 3.10. The van der Waals surface area contributed by atoms with Crippen molar-refractivity contribution in [2.75, 3.05) is 26.3 Å². The zero-order chi connectivity index (χ0) is 20.1. The summed E-state index contributed by atoms with van der Waals surface area (Å²) in [5.74, 6) is 1.04. The van der Waals surface area contributed by atoms with Crippen molar-refractivity contribution in [1.82, 2.24) is 9.47 Å². The van der Waals surface area contributed by atoms with E-state index >= 15 is 0 Å². The molecule has 2 aromatic carbocycles. The minimum atomic E-state index is 0.178. The van der Waals surface area contributed by atoms with Crippen LogP contribution in [0.4, 0.5) is 0 Å². The number of rotatable bonds is 2. The monoisotopic (exact) mass is 400 g/mol. The highest BCUT2D eigenvalue weighted by atomic mass is 16.5. The maximum absolute atomic E-state index is 13.5. The lowest BCUT2D eigenvalue weighted by atomic mass is 9.81. The van der Waals surface area contributed by atoms with E-state index in [1.54, 1.807) is 0 Å². The van der Waals surface area contributed by atoms with Gasteiger partial charge in [-0.15, -0.1) is 0 Å². The Hall–Kier alpha value is -2.43. The molecule has 0 amide bonds. The summed E-state index contributed by atoms with van der Waals surface area (Å²) in [7, 11) is 0. The average Bonchev–Trinajstić information content (AvgIpc) is 2.80. The van der Waals surface area contributed by atoms with Crippen LogP contribution in [0, 0.1) is 5.92 Å². The SMILES string of the molecule is O=c1c(-c2ccc3ccccc3c2)ccc2n1C[C@H]1C[C@@H]2CN(C2CCOCC2)C1. The molecule has 2 bridgehead atoms. The summed E-state index contributed by atoms with van der Waals surface area (Å²) in [6, 6.07) is 19.6. The summed E-state index contributed by atoms with van der Waals surface area (Å²) < 4.78 is 7.65. The number of hydrogen-bond donors (Lipinski definition) is 0. The number of piperidine rings is 1. The number of aromatic nitrogens is 1. The highest BCUT2D eigenvalue weighted by Gasteiger charge is 2.37. The molecule has 0 aliphatic carbocycles. The normalized spacial score (nSPS) is 24.7. The minimum Gasteiger partial charge on any atom is -0.381 e. The first-order valence-corrected chi connectivity index (χ1v) is 11.3. The second-order valence-corrected chi connectivity index (χ2v) is 9.25. The van der Waals surface area contributed by atoms with Gasteiger partial charge in [0.1, 0.15) is 0 Å². The maximum atomic E-state index is 13.5. The quantitative estimate of drug-likeness (QED) is 0.644. The largest absolute Gasteiger partial charge is 0.381 e. The summed E-state index contributed by atoms with van der Waals surface area (Å²) in [6.45, 7) is 4.83. The fraction of sp³-hybridized carbons (Fsp3) is 0.423. The molecule has 0 radical (unpaired) electrons. The first-order chi connectivity index (χ1) is 14.8. The molecule has 154 valence electrons. The van der Waals surface area contributed by atoms with Gasteiger partial charge in [-0.2, -0.15) is 0 Å². The van der Waals surface area contributed by atoms with E-state index in [4.69, 9.17) is 4.74 Å². The van der Waals surface area contributed by atoms with Gasteiger partial charge < -0.3 is 9.30 Å². The van der Waals surface area contributed by atoms with Crippen LogP contribution in [0.15, 0.2) is 59.4 Å². The van der Waals surface area contributed by atoms with Crippen molar-refractivity contribution in [1.29, 1.82) is 0 Å². The number of ether oxygens (including phenoxy) is 1. The molecular formula is C26H28N2O2. The maximum Gasteiger partial charge on any atom is 0.258 e. The van der Waals surface area contributed by atoms with Crippen LogP contribution in [0.5, 0.6) is 0 Å². The molecule has 2 atom stereocenters. The van der Waals surface area contributed by atoms with E-state index in [1.165, 1.54) is 22.9 Å². The Morgan fingerprint density at radius 2 is 1.70 bits per heavy atom. The molecule has 3 aliphatic heterocycles. The van der Waals surface area contributed by atoms with Gasteiger partial charge in [0, 0.05) is 56.1 Å². The Labute approximate surface area is 177 Å². The first-order valence-electron chi connectivity index (χ1n) is 11.3. The summed E-state index contributed by atoms with van der Waals surface area (Å²) in [5.41, 5.74) is 3.26. The fourth-order valence-electron chi connectivity index (χ4n) is 5.91. The number of pyridine rings is 1. The number of hydrogen-bond acceptors (Lipinski definition) is 3. The van der Waals surface area contributed by atoms with Crippen molar-refractivity contribution < 1.29 is 4.74 Å². The lowest BCUT2D eigenvalue weighted by Gasteiger charge is -2.46. The molecule has 0 N–H and O–H groups in total. The summed E-state index contributed by atoms with van der Waals surface area (Å²) in [4.78, 5) is 16.2. The molecule has 30 heavy (non-hydrogen) atoms. The Kier molecular flexibility index (Phi) is 4.50. The van der Waals surface area contributed by atoms with Crippen molar-refractivity contribution in [3.63, 3.8) is 0 Å². The molecule has 4 heteroatoms. The predicted octanol–water partition coefficient (Wildman–Crippen LogP) is 4.27. The standard InChI is InChI=1S/C26H28N2O2/c29-26-24(21-6-5-19-3-1-2-4-20(19)14-21)7-8-25-22-13-18(16-28(25)26)15-27(17-22)23-9-11-30-12-10-23/h1-8,14,18,22-23H,9-13,15-17H2/t18-,22+/m0/s1. The molecule has 3 aliphatic rings. The second kappa shape index (κ2) is 7.36. The third-order valence-corrected chi connectivity index (χ3v) is 7.40. The van der Waals surface area contributed by atoms with Crippen LogP contribution in [0.3, 0.4) is 0 Å². The van der Waals surface area contributed by atoms with Crippen LogP contribution >= 0.6 is 0 Å². The van der Waals surface area contributed by atoms with Crippen LogP contribution in [0.1, 0.15) is 30.9 Å². The highest BCUT2D eigenvalue weighted by molar-refractivity contribution is 5.87. The number of fused-ring (bicyclic) bond motifs is 5. The van der Waals surface area contributed by atoms with E-state index in [-0.39, 0.29) is 5.56 Å². The van der Waals surface area contributed by atoms with Gasteiger partial charge >= 0.3 is 0 Å². The predicted molar refractivity (Wildman–Crippen MR) is 120 cm³/mol. The van der Waals surface area contributed by atoms with Crippen LogP contribution in [-0.4, -0.2) is 41.8 Å². The highest BCUT2D eigenvalue weighted by Crippen LogP contribution is 2.37. The smallest absolute Gasteiger partial charge is 0.258 e. The van der Waals surface area contributed by atoms with Gasteiger partial charge in [-0.05, 0) is 59.7 Å². The Morgan fingerprint density at radius 3 is 2.57 bits per heavy atom. The van der Waals surface area contributed by atoms with Gasteiger partial charge in [-0.3, -0.25) is 9.69 Å². The summed E-state index contributed by atoms with van der Waals surface area (Å²) >= 11 is 0. The van der Waals surface area contributed by atoms with E-state index in [0.717, 1.165) is 56.8 Å². The number of nitrogens with zero attached hydrogens (tertiary/aromatic N) is 2. The van der Waals surface area contributed by atoms with Gasteiger partial charge in [0.05, 0.1) is 0 Å². The van der Waals surface area contributed by atoms with Crippen LogP contribution < -0.4 is 5.56 Å².